The van der Waals surface area contributed by atoms with Gasteiger partial charge in [-0.05, 0) is 24.3 Å². The molecular weight excluding hydrogens is 470 g/mol. The first-order chi connectivity index (χ1) is 16.6. The number of carbonyl (C=O) groups is 2. The fraction of sp³-hybridized carbons (Fsp3) is 0.130. The molecule has 0 saturated carbocycles. The Kier molecular flexibility index (Phi) is 6.36. The van der Waals surface area contributed by atoms with Gasteiger partial charge in [0.25, 0.3) is 0 Å². The third kappa shape index (κ3) is 5.37. The predicted octanol–water partition coefficient (Wildman–Crippen LogP) is 4.63. The van der Waals surface area contributed by atoms with E-state index in [-0.39, 0.29) is 28.3 Å². The second-order valence-electron chi connectivity index (χ2n) is 7.31. The number of fused-ring (bicyclic) bond motifs is 1. The zero-order chi connectivity index (χ0) is 25.2. The molecule has 1 aromatic carbocycles. The van der Waals surface area contributed by atoms with Crippen molar-refractivity contribution < 1.29 is 31.9 Å². The molecule has 180 valence electrons. The van der Waals surface area contributed by atoms with E-state index < -0.39 is 36.2 Å². The second-order valence-corrected chi connectivity index (χ2v) is 7.31. The van der Waals surface area contributed by atoms with Crippen LogP contribution in [0.15, 0.2) is 67.1 Å². The summed E-state index contributed by atoms with van der Waals surface area (Å²) in [7, 11) is 0. The topological polar surface area (TPSA) is 88.8 Å². The lowest BCUT2D eigenvalue weighted by Crippen LogP contribution is -2.25. The molecule has 0 aliphatic heterocycles. The number of amides is 2. The minimum absolute atomic E-state index is 0.0261. The molecule has 0 bridgehead atoms. The number of hydrogen-bond acceptors (Lipinski definition) is 5. The first-order valence-electron chi connectivity index (χ1n) is 10.1. The Balaban J connectivity index is 1.57. The van der Waals surface area contributed by atoms with E-state index in [0.29, 0.717) is 0 Å². The van der Waals surface area contributed by atoms with E-state index in [1.165, 1.54) is 72.5 Å². The van der Waals surface area contributed by atoms with Crippen molar-refractivity contribution in [2.75, 3.05) is 10.2 Å². The number of pyridine rings is 2. The Morgan fingerprint density at radius 2 is 1.89 bits per heavy atom. The number of benzene rings is 1. The minimum atomic E-state index is -4.90. The molecule has 35 heavy (non-hydrogen) atoms. The number of halogens is 4. The third-order valence-electron chi connectivity index (χ3n) is 4.86. The smallest absolute Gasteiger partial charge is 0.405 e. The second kappa shape index (κ2) is 9.41. The van der Waals surface area contributed by atoms with Gasteiger partial charge in [0.05, 0.1) is 18.3 Å². The molecule has 12 heteroatoms. The maximum atomic E-state index is 15.1. The van der Waals surface area contributed by atoms with Crippen molar-refractivity contribution in [2.45, 2.75) is 19.7 Å². The summed E-state index contributed by atoms with van der Waals surface area (Å²) >= 11 is 0. The van der Waals surface area contributed by atoms with Crippen LogP contribution in [0.2, 0.25) is 0 Å². The van der Waals surface area contributed by atoms with Crippen LogP contribution in [0.25, 0.3) is 5.52 Å². The molecule has 2 amide bonds. The Bertz CT molecular complexity index is 1400. The van der Waals surface area contributed by atoms with Gasteiger partial charge in [0.2, 0.25) is 11.8 Å². The largest absolute Gasteiger partial charge is 0.573 e. The van der Waals surface area contributed by atoms with Crippen molar-refractivity contribution in [3.63, 3.8) is 0 Å². The maximum absolute atomic E-state index is 15.1. The lowest BCUT2D eigenvalue weighted by Gasteiger charge is -2.21. The number of hydrogen-bond donors (Lipinski definition) is 1. The average molecular weight is 487 g/mol. The van der Waals surface area contributed by atoms with Gasteiger partial charge in [-0.25, -0.2) is 13.9 Å². The highest BCUT2D eigenvalue weighted by Crippen LogP contribution is 2.30. The Hall–Kier alpha value is -4.48. The van der Waals surface area contributed by atoms with E-state index in [1.54, 1.807) is 0 Å². The summed E-state index contributed by atoms with van der Waals surface area (Å²) in [4.78, 5) is 30.1. The van der Waals surface area contributed by atoms with Gasteiger partial charge >= 0.3 is 6.36 Å². The van der Waals surface area contributed by atoms with Gasteiger partial charge in [0, 0.05) is 36.6 Å². The van der Waals surface area contributed by atoms with Gasteiger partial charge < -0.3 is 10.1 Å². The molecule has 0 radical (unpaired) electrons. The van der Waals surface area contributed by atoms with Crippen LogP contribution in [-0.2, 0) is 16.0 Å². The molecule has 0 fully saturated rings. The number of ether oxygens (including phenoxy) is 1. The summed E-state index contributed by atoms with van der Waals surface area (Å²) in [5.41, 5.74) is 0.308. The lowest BCUT2D eigenvalue weighted by molar-refractivity contribution is -0.274. The molecule has 3 aromatic heterocycles. The summed E-state index contributed by atoms with van der Waals surface area (Å²) < 4.78 is 58.2. The van der Waals surface area contributed by atoms with Crippen molar-refractivity contribution in [3.05, 3.63) is 78.5 Å². The third-order valence-corrected chi connectivity index (χ3v) is 4.86. The van der Waals surface area contributed by atoms with Crippen LogP contribution in [0, 0.1) is 5.82 Å². The summed E-state index contributed by atoms with van der Waals surface area (Å²) in [5, 5.41) is 6.49. The van der Waals surface area contributed by atoms with Gasteiger partial charge in [-0.3, -0.25) is 14.5 Å². The predicted molar refractivity (Wildman–Crippen MR) is 118 cm³/mol. The van der Waals surface area contributed by atoms with E-state index in [2.05, 4.69) is 20.1 Å². The highest BCUT2D eigenvalue weighted by Gasteiger charge is 2.32. The van der Waals surface area contributed by atoms with E-state index in [0.717, 1.165) is 11.0 Å². The number of rotatable bonds is 6. The van der Waals surface area contributed by atoms with Gasteiger partial charge in [-0.2, -0.15) is 5.10 Å². The number of para-hydroxylation sites is 1. The molecule has 3 heterocycles. The quantitative estimate of drug-likeness (QED) is 0.401. The van der Waals surface area contributed by atoms with Crippen LogP contribution in [0.4, 0.5) is 34.8 Å². The van der Waals surface area contributed by atoms with Crippen LogP contribution in [0.3, 0.4) is 0 Å². The SMILES string of the molecule is CC(=O)N(c1cc(NC(=O)Cc2ccccc2OC(F)(F)F)ccn1)c1ccn2nccc2c1F. The van der Waals surface area contributed by atoms with Crippen LogP contribution < -0.4 is 15.0 Å². The highest BCUT2D eigenvalue weighted by atomic mass is 19.4. The molecule has 0 unspecified atom stereocenters. The van der Waals surface area contributed by atoms with Gasteiger partial charge in [-0.1, -0.05) is 18.2 Å². The molecule has 0 atom stereocenters. The molecule has 4 aromatic rings. The van der Waals surface area contributed by atoms with Crippen LogP contribution >= 0.6 is 0 Å². The molecular formula is C23H17F4N5O3. The fourth-order valence-corrected chi connectivity index (χ4v) is 3.45. The summed E-state index contributed by atoms with van der Waals surface area (Å²) in [6.45, 7) is 1.23. The first-order valence-corrected chi connectivity index (χ1v) is 10.1. The first kappa shape index (κ1) is 23.7. The highest BCUT2D eigenvalue weighted by molar-refractivity contribution is 6.00. The van der Waals surface area contributed by atoms with E-state index in [1.807, 2.05) is 0 Å². The van der Waals surface area contributed by atoms with Crippen molar-refractivity contribution in [1.82, 2.24) is 14.6 Å². The Morgan fingerprint density at radius 3 is 2.63 bits per heavy atom. The van der Waals surface area contributed by atoms with E-state index in [9.17, 15) is 22.8 Å². The summed E-state index contributed by atoms with van der Waals surface area (Å²) in [6, 6.07) is 10.9. The number of alkyl halides is 3. The molecule has 0 spiro atoms. The zero-order valence-electron chi connectivity index (χ0n) is 18.1. The van der Waals surface area contributed by atoms with Crippen LogP contribution in [-0.4, -0.2) is 32.8 Å². The summed E-state index contributed by atoms with van der Waals surface area (Å²) in [6.07, 6.45) is -1.12. The Labute approximate surface area is 195 Å². The van der Waals surface area contributed by atoms with Crippen molar-refractivity contribution in [3.8, 4) is 5.75 Å². The van der Waals surface area contributed by atoms with E-state index >= 15 is 4.39 Å². The standard InChI is InChI=1S/C23H17F4N5O3/c1-14(33)32(18-8-11-31-17(22(18)24)7-10-29-31)20-13-16(6-9-28-20)30-21(34)12-15-4-2-3-5-19(15)35-23(25,26)27/h2-11,13H,12H2,1H3,(H,28,30,34). The van der Waals surface area contributed by atoms with Crippen molar-refractivity contribution in [1.29, 1.82) is 0 Å². The van der Waals surface area contributed by atoms with Crippen molar-refractivity contribution >= 4 is 34.5 Å². The van der Waals surface area contributed by atoms with Crippen LogP contribution in [0.1, 0.15) is 12.5 Å². The van der Waals surface area contributed by atoms with Crippen LogP contribution in [0.5, 0.6) is 5.75 Å². The number of nitrogens with zero attached hydrogens (tertiary/aromatic N) is 4. The van der Waals surface area contributed by atoms with Crippen molar-refractivity contribution in [2.24, 2.45) is 0 Å². The number of nitrogens with one attached hydrogen (secondary N) is 1. The molecule has 0 saturated heterocycles. The van der Waals surface area contributed by atoms with Gasteiger partial charge in [0.1, 0.15) is 17.1 Å². The van der Waals surface area contributed by atoms with Gasteiger partial charge in [-0.15, -0.1) is 13.2 Å². The molecule has 4 rings (SSSR count). The number of carbonyl (C=O) groups excluding carboxylic acids is 2. The van der Waals surface area contributed by atoms with E-state index in [4.69, 9.17) is 0 Å². The monoisotopic (exact) mass is 487 g/mol. The minimum Gasteiger partial charge on any atom is -0.405 e. The molecule has 0 aliphatic carbocycles. The zero-order valence-corrected chi connectivity index (χ0v) is 18.1. The normalized spacial score (nSPS) is 11.3. The van der Waals surface area contributed by atoms with Gasteiger partial charge in [0.15, 0.2) is 5.82 Å². The maximum Gasteiger partial charge on any atom is 0.573 e. The molecule has 8 nitrogen and oxygen atoms in total. The fourth-order valence-electron chi connectivity index (χ4n) is 3.45. The molecule has 1 N–H and O–H groups in total. The number of anilines is 3. The molecule has 0 aliphatic rings. The summed E-state index contributed by atoms with van der Waals surface area (Å²) in [5.74, 6) is -2.33. The Morgan fingerprint density at radius 1 is 1.11 bits per heavy atom. The number of aromatic nitrogens is 3. The lowest BCUT2D eigenvalue weighted by atomic mass is 10.1. The average Bonchev–Trinajstić information content (AvgIpc) is 3.26.